The first kappa shape index (κ1) is 18.5. The largest absolute Gasteiger partial charge is 0.478 e. The van der Waals surface area contributed by atoms with Gasteiger partial charge in [0.05, 0.1) is 5.56 Å². The predicted octanol–water partition coefficient (Wildman–Crippen LogP) is 3.18. The molecule has 2 bridgehead atoms. The van der Waals surface area contributed by atoms with Crippen LogP contribution in [0.5, 0.6) is 0 Å². The Hall–Kier alpha value is -2.86. The molecular weight excluding hydrogens is 356 g/mol. The van der Waals surface area contributed by atoms with Gasteiger partial charge in [0.25, 0.3) is 0 Å². The molecule has 2 N–H and O–H groups in total. The highest BCUT2D eigenvalue weighted by atomic mass is 16.5. The molecule has 2 aromatic carbocycles. The molecule has 3 aliphatic rings. The minimum Gasteiger partial charge on any atom is -0.478 e. The summed E-state index contributed by atoms with van der Waals surface area (Å²) in [5, 5.41) is 12.4. The fourth-order valence-corrected chi connectivity index (χ4v) is 4.09. The van der Waals surface area contributed by atoms with Crippen LogP contribution in [-0.2, 0) is 9.53 Å². The Balaban J connectivity index is 1.54. The molecule has 0 amide bonds. The Morgan fingerprint density at radius 2 is 1.82 bits per heavy atom. The van der Waals surface area contributed by atoms with E-state index in [9.17, 15) is 14.7 Å². The van der Waals surface area contributed by atoms with Crippen molar-refractivity contribution in [3.05, 3.63) is 65.7 Å². The van der Waals surface area contributed by atoms with Crippen LogP contribution in [0.25, 0.3) is 0 Å². The molecule has 0 saturated carbocycles. The summed E-state index contributed by atoms with van der Waals surface area (Å²) in [5.41, 5.74) is 1.52. The number of benzene rings is 2. The maximum Gasteiger partial charge on any atom is 0.335 e. The van der Waals surface area contributed by atoms with Crippen LogP contribution in [0, 0.1) is 5.92 Å². The standard InChI is InChI=1S/C22H24N2O4/c25-21(26)17-7-4-8-18(13-17)23-20(16-5-2-1-3-6-16)22(27)28-19-14-24-11-9-15(19)10-12-24/h1-8,13,15,19-20,23H,9-12,14H2,(H,25,26). The third-order valence-electron chi connectivity index (χ3n) is 5.65. The third-order valence-corrected chi connectivity index (χ3v) is 5.65. The first-order valence-electron chi connectivity index (χ1n) is 9.68. The summed E-state index contributed by atoms with van der Waals surface area (Å²) in [6.45, 7) is 2.97. The quantitative estimate of drug-likeness (QED) is 0.750. The second-order valence-corrected chi connectivity index (χ2v) is 7.49. The summed E-state index contributed by atoms with van der Waals surface area (Å²) in [5.74, 6) is -0.902. The van der Waals surface area contributed by atoms with E-state index in [1.54, 1.807) is 12.1 Å². The number of esters is 1. The number of carboxylic acids is 1. The Bertz CT molecular complexity index is 847. The fourth-order valence-electron chi connectivity index (χ4n) is 4.09. The number of hydrogen-bond donors (Lipinski definition) is 2. The van der Waals surface area contributed by atoms with E-state index in [1.807, 2.05) is 30.3 Å². The maximum absolute atomic E-state index is 13.1. The number of fused-ring (bicyclic) bond motifs is 3. The van der Waals surface area contributed by atoms with Crippen LogP contribution in [0.2, 0.25) is 0 Å². The lowest BCUT2D eigenvalue weighted by molar-refractivity contribution is -0.159. The van der Waals surface area contributed by atoms with Gasteiger partial charge in [0.1, 0.15) is 6.10 Å². The first-order valence-corrected chi connectivity index (χ1v) is 9.68. The number of piperidine rings is 3. The monoisotopic (exact) mass is 380 g/mol. The molecule has 3 fully saturated rings. The van der Waals surface area contributed by atoms with E-state index >= 15 is 0 Å². The number of carbonyl (C=O) groups excluding carboxylic acids is 1. The summed E-state index contributed by atoms with van der Waals surface area (Å²) in [6, 6.07) is 15.2. The molecule has 0 aliphatic carbocycles. The molecule has 0 radical (unpaired) electrons. The van der Waals surface area contributed by atoms with Crippen molar-refractivity contribution in [2.75, 3.05) is 25.0 Å². The lowest BCUT2D eigenvalue weighted by atomic mass is 9.86. The summed E-state index contributed by atoms with van der Waals surface area (Å²) in [7, 11) is 0. The van der Waals surface area contributed by atoms with Crippen molar-refractivity contribution in [3.8, 4) is 0 Å². The third kappa shape index (κ3) is 4.02. The number of aromatic carboxylic acids is 1. The van der Waals surface area contributed by atoms with E-state index in [2.05, 4.69) is 10.2 Å². The SMILES string of the molecule is O=C(O)c1cccc(NC(C(=O)OC2CN3CCC2CC3)c2ccccc2)c1. The van der Waals surface area contributed by atoms with Crippen molar-refractivity contribution in [1.29, 1.82) is 0 Å². The number of nitrogens with zero attached hydrogens (tertiary/aromatic N) is 1. The Labute approximate surface area is 164 Å². The van der Waals surface area contributed by atoms with E-state index in [4.69, 9.17) is 4.74 Å². The summed E-state index contributed by atoms with van der Waals surface area (Å²) in [4.78, 5) is 26.7. The molecule has 146 valence electrons. The van der Waals surface area contributed by atoms with Crippen LogP contribution < -0.4 is 5.32 Å². The van der Waals surface area contributed by atoms with Gasteiger partial charge in [-0.1, -0.05) is 36.4 Å². The van der Waals surface area contributed by atoms with Gasteiger partial charge in [-0.2, -0.15) is 0 Å². The van der Waals surface area contributed by atoms with Crippen LogP contribution in [0.3, 0.4) is 0 Å². The molecule has 2 unspecified atom stereocenters. The molecule has 0 spiro atoms. The molecule has 6 heteroatoms. The van der Waals surface area contributed by atoms with Crippen LogP contribution >= 0.6 is 0 Å². The molecule has 6 nitrogen and oxygen atoms in total. The molecule has 0 aromatic heterocycles. The summed E-state index contributed by atoms with van der Waals surface area (Å²) >= 11 is 0. The smallest absolute Gasteiger partial charge is 0.335 e. The molecule has 2 aromatic rings. The molecule has 2 atom stereocenters. The normalized spacial score (nSPS) is 24.4. The molecule has 3 heterocycles. The van der Waals surface area contributed by atoms with Crippen molar-refractivity contribution in [1.82, 2.24) is 4.90 Å². The lowest BCUT2D eigenvalue weighted by Crippen LogP contribution is -2.52. The zero-order chi connectivity index (χ0) is 19.5. The molecule has 5 rings (SSSR count). The maximum atomic E-state index is 13.1. The van der Waals surface area contributed by atoms with Crippen molar-refractivity contribution < 1.29 is 19.4 Å². The van der Waals surface area contributed by atoms with E-state index in [0.717, 1.165) is 38.0 Å². The second kappa shape index (κ2) is 8.02. The number of ether oxygens (including phenoxy) is 1. The minimum absolute atomic E-state index is 0.0756. The number of rotatable bonds is 6. The highest BCUT2D eigenvalue weighted by Crippen LogP contribution is 2.31. The van der Waals surface area contributed by atoms with Gasteiger partial charge < -0.3 is 15.2 Å². The highest BCUT2D eigenvalue weighted by molar-refractivity contribution is 5.89. The topological polar surface area (TPSA) is 78.9 Å². The van der Waals surface area contributed by atoms with Gasteiger partial charge in [0, 0.05) is 12.2 Å². The van der Waals surface area contributed by atoms with Gasteiger partial charge in [0.2, 0.25) is 0 Å². The van der Waals surface area contributed by atoms with E-state index in [-0.39, 0.29) is 17.6 Å². The number of anilines is 1. The fraction of sp³-hybridized carbons (Fsp3) is 0.364. The van der Waals surface area contributed by atoms with Gasteiger partial charge in [-0.3, -0.25) is 4.90 Å². The summed E-state index contributed by atoms with van der Waals surface area (Å²) < 4.78 is 5.93. The predicted molar refractivity (Wildman–Crippen MR) is 105 cm³/mol. The van der Waals surface area contributed by atoms with Gasteiger partial charge >= 0.3 is 11.9 Å². The molecule has 3 aliphatic heterocycles. The Morgan fingerprint density at radius 3 is 2.46 bits per heavy atom. The first-order chi connectivity index (χ1) is 13.6. The van der Waals surface area contributed by atoms with Crippen LogP contribution in [0.1, 0.15) is 34.8 Å². The van der Waals surface area contributed by atoms with E-state index < -0.39 is 12.0 Å². The average Bonchev–Trinajstić information content (AvgIpc) is 2.73. The zero-order valence-electron chi connectivity index (χ0n) is 15.6. The summed E-state index contributed by atoms with van der Waals surface area (Å²) in [6.07, 6.45) is 2.07. The van der Waals surface area contributed by atoms with E-state index in [1.165, 1.54) is 12.1 Å². The molecular formula is C22H24N2O4. The van der Waals surface area contributed by atoms with Gasteiger partial charge in [-0.15, -0.1) is 0 Å². The van der Waals surface area contributed by atoms with Crippen LogP contribution in [0.15, 0.2) is 54.6 Å². The number of nitrogens with one attached hydrogen (secondary N) is 1. The average molecular weight is 380 g/mol. The van der Waals surface area contributed by atoms with Crippen LogP contribution in [-0.4, -0.2) is 47.7 Å². The van der Waals surface area contributed by atoms with Gasteiger partial charge in [0.15, 0.2) is 6.04 Å². The van der Waals surface area contributed by atoms with Crippen molar-refractivity contribution in [2.24, 2.45) is 5.92 Å². The Kier molecular flexibility index (Phi) is 5.30. The van der Waals surface area contributed by atoms with E-state index in [0.29, 0.717) is 11.6 Å². The molecule has 3 saturated heterocycles. The molecule has 28 heavy (non-hydrogen) atoms. The number of hydrogen-bond acceptors (Lipinski definition) is 5. The zero-order valence-corrected chi connectivity index (χ0v) is 15.6. The van der Waals surface area contributed by atoms with Gasteiger partial charge in [-0.25, -0.2) is 9.59 Å². The lowest BCUT2D eigenvalue weighted by Gasteiger charge is -2.44. The number of carbonyl (C=O) groups is 2. The van der Waals surface area contributed by atoms with Crippen LogP contribution in [0.4, 0.5) is 5.69 Å². The van der Waals surface area contributed by atoms with Gasteiger partial charge in [-0.05, 0) is 55.6 Å². The van der Waals surface area contributed by atoms with Crippen molar-refractivity contribution in [2.45, 2.75) is 25.0 Å². The van der Waals surface area contributed by atoms with Crippen molar-refractivity contribution in [3.63, 3.8) is 0 Å². The number of carboxylic acid groups (broad SMARTS) is 1. The Morgan fingerprint density at radius 1 is 1.07 bits per heavy atom. The highest BCUT2D eigenvalue weighted by Gasteiger charge is 2.37. The second-order valence-electron chi connectivity index (χ2n) is 7.49. The minimum atomic E-state index is -1.00. The van der Waals surface area contributed by atoms with Crippen molar-refractivity contribution >= 4 is 17.6 Å².